The van der Waals surface area contributed by atoms with Crippen molar-refractivity contribution in [3.8, 4) is 0 Å². The molecule has 0 unspecified atom stereocenters. The molecule has 0 saturated carbocycles. The Hall–Kier alpha value is 2.13. The first-order chi connectivity index (χ1) is 4.46. The van der Waals surface area contributed by atoms with Gasteiger partial charge in [0.15, 0.2) is 12.2 Å². The van der Waals surface area contributed by atoms with Crippen molar-refractivity contribution < 1.29 is 30.0 Å². The summed E-state index contributed by atoms with van der Waals surface area (Å²) in [5.74, 6) is -3.54. The van der Waals surface area contributed by atoms with Crippen LogP contribution >= 0.6 is 0 Å². The molecule has 2 radical (unpaired) electrons. The predicted octanol–water partition coefficient (Wildman–Crippen LogP) is -2.88. The third-order valence-corrected chi connectivity index (χ3v) is 0.805. The summed E-state index contributed by atoms with van der Waals surface area (Å²) < 4.78 is 0. The predicted molar refractivity (Wildman–Crippen MR) is 38.8 cm³/mol. The van der Waals surface area contributed by atoms with Gasteiger partial charge >= 0.3 is 11.9 Å². The van der Waals surface area contributed by atoms with Gasteiger partial charge in [-0.2, -0.15) is 0 Å². The zero-order chi connectivity index (χ0) is 8.31. The van der Waals surface area contributed by atoms with E-state index in [4.69, 9.17) is 20.4 Å². The standard InChI is InChI=1S/C4H6O6.2K/c5-1(3(7)8)2(6)4(9)10;;/h1-2,5-6H,(H,7,8)(H,9,10);;/t1-,2-;;/m1../s1. The van der Waals surface area contributed by atoms with Gasteiger partial charge in [0, 0.05) is 103 Å². The molecule has 0 bridgehead atoms. The number of aliphatic hydroxyl groups is 2. The maximum atomic E-state index is 9.77. The Morgan fingerprint density at radius 3 is 1.08 bits per heavy atom. The summed E-state index contributed by atoms with van der Waals surface area (Å²) in [6.45, 7) is 0. The molecule has 0 saturated heterocycles. The molecule has 0 aromatic carbocycles. The molecule has 0 heterocycles. The molecule has 8 heteroatoms. The Balaban J connectivity index is -0.000000405. The molecule has 0 aromatic heterocycles. The van der Waals surface area contributed by atoms with E-state index in [0.29, 0.717) is 0 Å². The van der Waals surface area contributed by atoms with Crippen molar-refractivity contribution in [3.05, 3.63) is 0 Å². The molecule has 0 aromatic rings. The Kier molecular flexibility index (Phi) is 15.9. The van der Waals surface area contributed by atoms with Crippen LogP contribution in [0.2, 0.25) is 0 Å². The second-order valence-electron chi connectivity index (χ2n) is 1.57. The number of carboxylic acids is 2. The first-order valence-corrected chi connectivity index (χ1v) is 2.28. The van der Waals surface area contributed by atoms with Crippen LogP contribution < -0.4 is 0 Å². The molecule has 0 amide bonds. The van der Waals surface area contributed by atoms with E-state index in [-0.39, 0.29) is 103 Å². The molecule has 60 valence electrons. The molecule has 0 aliphatic rings. The van der Waals surface area contributed by atoms with E-state index in [1.54, 1.807) is 0 Å². The summed E-state index contributed by atoms with van der Waals surface area (Å²) in [6, 6.07) is 0. The number of carboxylic acid groups (broad SMARTS) is 2. The van der Waals surface area contributed by atoms with Gasteiger partial charge in [0.2, 0.25) is 0 Å². The Morgan fingerprint density at radius 2 is 1.00 bits per heavy atom. The number of carbonyl (C=O) groups is 2. The molecule has 0 rings (SSSR count). The largest absolute Gasteiger partial charge is 0.479 e. The minimum Gasteiger partial charge on any atom is -0.479 e. The van der Waals surface area contributed by atoms with Crippen molar-refractivity contribution in [2.45, 2.75) is 12.2 Å². The minimum atomic E-state index is -2.27. The SMILES string of the molecule is O=C(O)[C@H](O)[C@@H](O)C(=O)O.[K].[K]. The summed E-state index contributed by atoms with van der Waals surface area (Å²) in [5.41, 5.74) is 0. The van der Waals surface area contributed by atoms with Crippen LogP contribution in [-0.2, 0) is 9.59 Å². The summed E-state index contributed by atoms with van der Waals surface area (Å²) in [5, 5.41) is 32.5. The van der Waals surface area contributed by atoms with E-state index in [1.807, 2.05) is 0 Å². The summed E-state index contributed by atoms with van der Waals surface area (Å²) in [6.07, 6.45) is -4.53. The average molecular weight is 228 g/mol. The van der Waals surface area contributed by atoms with Crippen LogP contribution in [0, 0.1) is 0 Å². The molecule has 0 fully saturated rings. The molecule has 0 aliphatic carbocycles. The van der Waals surface area contributed by atoms with Crippen molar-refractivity contribution in [1.29, 1.82) is 0 Å². The number of hydrogen-bond acceptors (Lipinski definition) is 4. The quantitative estimate of drug-likeness (QED) is 0.386. The molecular weight excluding hydrogens is 222 g/mol. The van der Waals surface area contributed by atoms with Crippen molar-refractivity contribution in [2.75, 3.05) is 0 Å². The fraction of sp³-hybridized carbons (Fsp3) is 0.500. The molecule has 2 atom stereocenters. The zero-order valence-corrected chi connectivity index (χ0v) is 13.0. The summed E-state index contributed by atoms with van der Waals surface area (Å²) in [7, 11) is 0. The van der Waals surface area contributed by atoms with Crippen molar-refractivity contribution in [1.82, 2.24) is 0 Å². The van der Waals surface area contributed by atoms with Crippen LogP contribution in [0.25, 0.3) is 0 Å². The van der Waals surface area contributed by atoms with E-state index >= 15 is 0 Å². The van der Waals surface area contributed by atoms with Gasteiger partial charge in [0.25, 0.3) is 0 Å². The maximum absolute atomic E-state index is 9.77. The van der Waals surface area contributed by atoms with Crippen LogP contribution in [0.1, 0.15) is 0 Å². The van der Waals surface area contributed by atoms with Gasteiger partial charge in [-0.3, -0.25) is 0 Å². The molecule has 0 spiro atoms. The molecule has 6 nitrogen and oxygen atoms in total. The van der Waals surface area contributed by atoms with Crippen molar-refractivity contribution >= 4 is 115 Å². The van der Waals surface area contributed by atoms with E-state index in [1.165, 1.54) is 0 Å². The molecule has 4 N–H and O–H groups in total. The number of aliphatic hydroxyl groups excluding tert-OH is 2. The van der Waals surface area contributed by atoms with Crippen LogP contribution in [0.15, 0.2) is 0 Å². The topological polar surface area (TPSA) is 115 Å². The number of aliphatic carboxylic acids is 2. The summed E-state index contributed by atoms with van der Waals surface area (Å²) >= 11 is 0. The molecule has 0 aliphatic heterocycles. The normalized spacial score (nSPS) is 13.2. The second-order valence-corrected chi connectivity index (χ2v) is 1.57. The van der Waals surface area contributed by atoms with Gasteiger partial charge in [0.1, 0.15) is 0 Å². The molecular formula is C4H6K2O6. The first-order valence-electron chi connectivity index (χ1n) is 2.28. The van der Waals surface area contributed by atoms with E-state index in [9.17, 15) is 9.59 Å². The van der Waals surface area contributed by atoms with Crippen molar-refractivity contribution in [3.63, 3.8) is 0 Å². The first kappa shape index (κ1) is 19.7. The Morgan fingerprint density at radius 1 is 0.833 bits per heavy atom. The molecule has 12 heavy (non-hydrogen) atoms. The van der Waals surface area contributed by atoms with Crippen LogP contribution in [0.3, 0.4) is 0 Å². The minimum absolute atomic E-state index is 0. The van der Waals surface area contributed by atoms with Crippen LogP contribution in [0.4, 0.5) is 0 Å². The van der Waals surface area contributed by atoms with Gasteiger partial charge in [-0.05, 0) is 0 Å². The number of hydrogen-bond donors (Lipinski definition) is 4. The van der Waals surface area contributed by atoms with Gasteiger partial charge in [-0.25, -0.2) is 9.59 Å². The van der Waals surface area contributed by atoms with Gasteiger partial charge in [-0.15, -0.1) is 0 Å². The smallest absolute Gasteiger partial charge is 0.335 e. The fourth-order valence-corrected chi connectivity index (χ4v) is 0.270. The van der Waals surface area contributed by atoms with Gasteiger partial charge in [0.05, 0.1) is 0 Å². The van der Waals surface area contributed by atoms with Crippen LogP contribution in [0.5, 0.6) is 0 Å². The third kappa shape index (κ3) is 7.53. The Bertz CT molecular complexity index is 142. The summed E-state index contributed by atoms with van der Waals surface area (Å²) in [4.78, 5) is 19.5. The average Bonchev–Trinajstić information content (AvgIpc) is 1.84. The van der Waals surface area contributed by atoms with E-state index < -0.39 is 24.1 Å². The fourth-order valence-electron chi connectivity index (χ4n) is 0.270. The third-order valence-electron chi connectivity index (χ3n) is 0.805. The van der Waals surface area contributed by atoms with Gasteiger partial charge < -0.3 is 20.4 Å². The maximum Gasteiger partial charge on any atom is 0.335 e. The number of rotatable bonds is 3. The van der Waals surface area contributed by atoms with E-state index in [0.717, 1.165) is 0 Å². The van der Waals surface area contributed by atoms with E-state index in [2.05, 4.69) is 0 Å². The Labute approximate surface area is 153 Å². The zero-order valence-electron chi connectivity index (χ0n) is 6.76. The van der Waals surface area contributed by atoms with Crippen molar-refractivity contribution in [2.24, 2.45) is 0 Å². The monoisotopic (exact) mass is 228 g/mol. The van der Waals surface area contributed by atoms with Crippen LogP contribution in [-0.4, -0.2) is 147 Å². The second kappa shape index (κ2) is 9.68. The van der Waals surface area contributed by atoms with Gasteiger partial charge in [-0.1, -0.05) is 0 Å².